The number of ether oxygens (including phenoxy) is 1. The molecule has 0 spiro atoms. The van der Waals surface area contributed by atoms with Crippen LogP contribution in [0.2, 0.25) is 5.02 Å². The molecule has 0 aliphatic heterocycles. The number of halogens is 1. The van der Waals surface area contributed by atoms with Crippen molar-refractivity contribution in [2.45, 2.75) is 6.54 Å². The van der Waals surface area contributed by atoms with Crippen LogP contribution < -0.4 is 16.0 Å². The van der Waals surface area contributed by atoms with Gasteiger partial charge in [-0.2, -0.15) is 0 Å². The number of nitrogens with one attached hydrogen (secondary N) is 2. The first-order valence-corrected chi connectivity index (χ1v) is 5.38. The van der Waals surface area contributed by atoms with Crippen LogP contribution in [0.15, 0.2) is 23.0 Å². The molecule has 2 aromatic rings. The van der Waals surface area contributed by atoms with E-state index in [4.69, 9.17) is 22.1 Å². The van der Waals surface area contributed by atoms with Crippen LogP contribution in [0.1, 0.15) is 5.56 Å². The normalized spacial score (nSPS) is 10.5. The molecule has 0 saturated heterocycles. The zero-order valence-electron chi connectivity index (χ0n) is 9.21. The largest absolute Gasteiger partial charge is 0.495 e. The predicted molar refractivity (Wildman–Crippen MR) is 66.3 cm³/mol. The predicted octanol–water partition coefficient (Wildman–Crippen LogP) is 1.49. The van der Waals surface area contributed by atoms with Gasteiger partial charge in [-0.15, -0.1) is 0 Å². The number of rotatable bonds is 3. The Hall–Kier alpha value is -1.72. The Morgan fingerprint density at radius 3 is 2.76 bits per heavy atom. The summed E-state index contributed by atoms with van der Waals surface area (Å²) in [5.74, 6) is 0.586. The number of hydrogen-bond acceptors (Lipinski definition) is 3. The lowest BCUT2D eigenvalue weighted by Gasteiger charge is -2.05. The summed E-state index contributed by atoms with van der Waals surface area (Å²) in [7, 11) is 1.55. The van der Waals surface area contributed by atoms with Gasteiger partial charge in [-0.25, -0.2) is 0 Å². The van der Waals surface area contributed by atoms with Gasteiger partial charge in [0.05, 0.1) is 23.4 Å². The molecule has 1 aromatic heterocycles. The van der Waals surface area contributed by atoms with Gasteiger partial charge in [0.15, 0.2) is 0 Å². The van der Waals surface area contributed by atoms with Crippen molar-refractivity contribution in [1.82, 2.24) is 10.2 Å². The molecule has 0 aliphatic carbocycles. The van der Waals surface area contributed by atoms with Gasteiger partial charge >= 0.3 is 0 Å². The minimum atomic E-state index is -0.213. The van der Waals surface area contributed by atoms with Crippen molar-refractivity contribution >= 4 is 11.6 Å². The molecule has 0 unspecified atom stereocenters. The molecule has 1 heterocycles. The van der Waals surface area contributed by atoms with E-state index >= 15 is 0 Å². The monoisotopic (exact) mass is 253 g/mol. The Balaban J connectivity index is 2.53. The van der Waals surface area contributed by atoms with Crippen molar-refractivity contribution in [3.8, 4) is 17.0 Å². The van der Waals surface area contributed by atoms with E-state index in [-0.39, 0.29) is 12.1 Å². The average Bonchev–Trinajstić information content (AvgIpc) is 2.70. The van der Waals surface area contributed by atoms with Crippen molar-refractivity contribution in [1.29, 1.82) is 0 Å². The second-order valence-corrected chi connectivity index (χ2v) is 3.89. The van der Waals surface area contributed by atoms with Crippen molar-refractivity contribution in [3.63, 3.8) is 0 Å². The number of aromatic nitrogens is 2. The Labute approximate surface area is 103 Å². The number of H-pyrrole nitrogens is 2. The molecule has 0 fully saturated rings. The first-order chi connectivity index (χ1) is 8.17. The summed E-state index contributed by atoms with van der Waals surface area (Å²) in [5.41, 5.74) is 7.26. The quantitative estimate of drug-likeness (QED) is 0.775. The van der Waals surface area contributed by atoms with Crippen LogP contribution in [0.3, 0.4) is 0 Å². The van der Waals surface area contributed by atoms with E-state index in [2.05, 4.69) is 10.2 Å². The average molecular weight is 254 g/mol. The lowest BCUT2D eigenvalue weighted by atomic mass is 10.1. The maximum absolute atomic E-state index is 11.4. The fraction of sp³-hybridized carbons (Fsp3) is 0.182. The van der Waals surface area contributed by atoms with E-state index in [1.54, 1.807) is 19.2 Å². The number of methoxy groups -OCH3 is 1. The lowest BCUT2D eigenvalue weighted by Crippen LogP contribution is -2.10. The molecule has 0 radical (unpaired) electrons. The Bertz CT molecular complexity index is 589. The van der Waals surface area contributed by atoms with Crippen LogP contribution in [0, 0.1) is 0 Å². The van der Waals surface area contributed by atoms with Gasteiger partial charge in [0.1, 0.15) is 5.75 Å². The molecular formula is C11H12ClN3O2. The van der Waals surface area contributed by atoms with Crippen molar-refractivity contribution < 1.29 is 4.74 Å². The van der Waals surface area contributed by atoms with E-state index in [1.807, 2.05) is 6.07 Å². The van der Waals surface area contributed by atoms with Gasteiger partial charge in [0, 0.05) is 12.1 Å². The lowest BCUT2D eigenvalue weighted by molar-refractivity contribution is 0.415. The molecule has 0 atom stereocenters. The van der Waals surface area contributed by atoms with E-state index in [1.165, 1.54) is 0 Å². The van der Waals surface area contributed by atoms with Crippen LogP contribution >= 0.6 is 11.6 Å². The first-order valence-electron chi connectivity index (χ1n) is 5.01. The molecule has 17 heavy (non-hydrogen) atoms. The molecule has 0 saturated carbocycles. The zero-order valence-corrected chi connectivity index (χ0v) is 9.97. The second-order valence-electron chi connectivity index (χ2n) is 3.49. The van der Waals surface area contributed by atoms with E-state index in [0.29, 0.717) is 22.0 Å². The van der Waals surface area contributed by atoms with Gasteiger partial charge in [0.2, 0.25) is 0 Å². The van der Waals surface area contributed by atoms with Crippen LogP contribution in [-0.4, -0.2) is 17.3 Å². The minimum absolute atomic E-state index is 0.164. The standard InChI is InChI=1S/C11H12ClN3O2/c1-17-9-3-2-6(4-8(9)12)10-7(5-13)11(16)15-14-10/h2-4H,5,13H2,1H3,(H2,14,15,16). The van der Waals surface area contributed by atoms with Crippen LogP contribution in [-0.2, 0) is 6.54 Å². The molecule has 4 N–H and O–H groups in total. The summed E-state index contributed by atoms with van der Waals surface area (Å²) in [6.07, 6.45) is 0. The maximum atomic E-state index is 11.4. The molecule has 0 aliphatic rings. The highest BCUT2D eigenvalue weighted by Crippen LogP contribution is 2.29. The molecule has 5 nitrogen and oxygen atoms in total. The summed E-state index contributed by atoms with van der Waals surface area (Å²) >= 11 is 6.02. The topological polar surface area (TPSA) is 83.9 Å². The van der Waals surface area contributed by atoms with E-state index in [9.17, 15) is 4.79 Å². The smallest absolute Gasteiger partial charge is 0.269 e. The summed E-state index contributed by atoms with van der Waals surface area (Å²) < 4.78 is 5.06. The van der Waals surface area contributed by atoms with E-state index in [0.717, 1.165) is 5.56 Å². The number of benzene rings is 1. The molecule has 1 aromatic carbocycles. The van der Waals surface area contributed by atoms with Gasteiger partial charge in [-0.1, -0.05) is 11.6 Å². The zero-order chi connectivity index (χ0) is 12.4. The first kappa shape index (κ1) is 11.8. The van der Waals surface area contributed by atoms with Gasteiger partial charge in [-0.05, 0) is 18.2 Å². The maximum Gasteiger partial charge on any atom is 0.269 e. The number of hydrogen-bond donors (Lipinski definition) is 3. The van der Waals surface area contributed by atoms with Crippen LogP contribution in [0.5, 0.6) is 5.75 Å². The van der Waals surface area contributed by atoms with Crippen LogP contribution in [0.25, 0.3) is 11.3 Å². The van der Waals surface area contributed by atoms with E-state index < -0.39 is 0 Å². The fourth-order valence-electron chi connectivity index (χ4n) is 1.65. The SMILES string of the molecule is COc1ccc(-c2[nH][nH]c(=O)c2CN)cc1Cl. The molecule has 0 amide bonds. The molecule has 90 valence electrons. The van der Waals surface area contributed by atoms with Crippen molar-refractivity contribution in [2.75, 3.05) is 7.11 Å². The summed E-state index contributed by atoms with van der Waals surface area (Å²) in [4.78, 5) is 11.4. The summed E-state index contributed by atoms with van der Waals surface area (Å²) in [5, 5.41) is 5.77. The Kier molecular flexibility index (Phi) is 3.21. The third-order valence-corrected chi connectivity index (χ3v) is 2.82. The third kappa shape index (κ3) is 2.07. The van der Waals surface area contributed by atoms with Crippen LogP contribution in [0.4, 0.5) is 0 Å². The number of nitrogens with two attached hydrogens (primary N) is 1. The Morgan fingerprint density at radius 2 is 2.18 bits per heavy atom. The number of aromatic amines is 2. The highest BCUT2D eigenvalue weighted by atomic mass is 35.5. The second kappa shape index (κ2) is 4.65. The summed E-state index contributed by atoms with van der Waals surface area (Å²) in [6.45, 7) is 0.164. The third-order valence-electron chi connectivity index (χ3n) is 2.52. The highest BCUT2D eigenvalue weighted by Gasteiger charge is 2.11. The highest BCUT2D eigenvalue weighted by molar-refractivity contribution is 6.32. The molecule has 6 heteroatoms. The van der Waals surface area contributed by atoms with Gasteiger partial charge in [-0.3, -0.25) is 15.0 Å². The Morgan fingerprint density at radius 1 is 1.41 bits per heavy atom. The van der Waals surface area contributed by atoms with Crippen molar-refractivity contribution in [3.05, 3.63) is 39.1 Å². The van der Waals surface area contributed by atoms with Crippen molar-refractivity contribution in [2.24, 2.45) is 5.73 Å². The van der Waals surface area contributed by atoms with Gasteiger partial charge < -0.3 is 10.5 Å². The fourth-order valence-corrected chi connectivity index (χ4v) is 1.90. The molecule has 0 bridgehead atoms. The molecule has 2 rings (SSSR count). The minimum Gasteiger partial charge on any atom is -0.495 e. The van der Waals surface area contributed by atoms with Gasteiger partial charge in [0.25, 0.3) is 5.56 Å². The molecular weight excluding hydrogens is 242 g/mol. The summed E-state index contributed by atoms with van der Waals surface area (Å²) in [6, 6.07) is 5.27.